The lowest BCUT2D eigenvalue weighted by Gasteiger charge is -2.37. The summed E-state index contributed by atoms with van der Waals surface area (Å²) in [5.74, 6) is 0.277. The molecule has 0 bridgehead atoms. The number of fused-ring (bicyclic) bond motifs is 1. The van der Waals surface area contributed by atoms with E-state index < -0.39 is 5.54 Å². The van der Waals surface area contributed by atoms with Gasteiger partial charge in [-0.15, -0.1) is 0 Å². The number of amides is 3. The first-order valence-electron chi connectivity index (χ1n) is 14.2. The van der Waals surface area contributed by atoms with E-state index in [0.717, 1.165) is 40.5 Å². The predicted octanol–water partition coefficient (Wildman–Crippen LogP) is 3.27. The average molecular weight is 545 g/mol. The van der Waals surface area contributed by atoms with Crippen molar-refractivity contribution in [3.63, 3.8) is 0 Å². The molecule has 40 heavy (non-hydrogen) atoms. The first kappa shape index (κ1) is 29.1. The summed E-state index contributed by atoms with van der Waals surface area (Å²) in [6.07, 6.45) is 3.53. The summed E-state index contributed by atoms with van der Waals surface area (Å²) in [6.45, 7) is 4.66. The minimum absolute atomic E-state index is 0.0998. The van der Waals surface area contributed by atoms with Crippen LogP contribution < -0.4 is 26.0 Å². The molecule has 1 aliphatic rings. The number of piperidine rings is 1. The van der Waals surface area contributed by atoms with E-state index in [1.165, 1.54) is 0 Å². The third kappa shape index (κ3) is 8.05. The summed E-state index contributed by atoms with van der Waals surface area (Å²) in [7, 11) is 0. The number of rotatable bonds is 13. The number of unbranched alkanes of at least 4 members (excludes halogenated alkanes) is 1. The van der Waals surface area contributed by atoms with Gasteiger partial charge in [0.1, 0.15) is 11.3 Å². The quantitative estimate of drug-likeness (QED) is 0.247. The largest absolute Gasteiger partial charge is 0.494 e. The zero-order valence-corrected chi connectivity index (χ0v) is 23.3. The minimum atomic E-state index is -0.974. The van der Waals surface area contributed by atoms with E-state index in [1.54, 1.807) is 0 Å². The Morgan fingerprint density at radius 3 is 2.35 bits per heavy atom. The topological polar surface area (TPSA) is 109 Å². The van der Waals surface area contributed by atoms with Gasteiger partial charge in [0.25, 0.3) is 0 Å². The van der Waals surface area contributed by atoms with Crippen LogP contribution in [0.5, 0.6) is 5.75 Å². The van der Waals surface area contributed by atoms with Gasteiger partial charge in [0.15, 0.2) is 0 Å². The molecule has 0 radical (unpaired) electrons. The van der Waals surface area contributed by atoms with Crippen molar-refractivity contribution in [1.82, 2.24) is 21.3 Å². The van der Waals surface area contributed by atoms with Gasteiger partial charge in [-0.25, -0.2) is 0 Å². The fourth-order valence-electron chi connectivity index (χ4n) is 5.03. The number of carbonyl (C=O) groups is 3. The Hall–Kier alpha value is -3.91. The Kier molecular flexibility index (Phi) is 10.5. The molecule has 1 heterocycles. The molecule has 0 aromatic heterocycles. The monoisotopic (exact) mass is 544 g/mol. The second-order valence-corrected chi connectivity index (χ2v) is 10.3. The Morgan fingerprint density at radius 1 is 0.850 bits per heavy atom. The van der Waals surface area contributed by atoms with Gasteiger partial charge in [-0.3, -0.25) is 14.4 Å². The molecule has 0 saturated carbocycles. The lowest BCUT2D eigenvalue weighted by Crippen LogP contribution is -2.63. The Bertz CT molecular complexity index is 1280. The molecule has 4 rings (SSSR count). The van der Waals surface area contributed by atoms with Crippen molar-refractivity contribution in [2.24, 2.45) is 0 Å². The van der Waals surface area contributed by atoms with Crippen molar-refractivity contribution in [2.75, 3.05) is 32.8 Å². The van der Waals surface area contributed by atoms with Crippen molar-refractivity contribution in [3.05, 3.63) is 77.9 Å². The van der Waals surface area contributed by atoms with Crippen molar-refractivity contribution < 1.29 is 19.1 Å². The van der Waals surface area contributed by atoms with E-state index in [2.05, 4.69) is 28.2 Å². The number of ether oxygens (including phenoxy) is 1. The number of carbonyl (C=O) groups excluding carboxylic acids is 3. The summed E-state index contributed by atoms with van der Waals surface area (Å²) in [6, 6.07) is 21.5. The molecular weight excluding hydrogens is 504 g/mol. The van der Waals surface area contributed by atoms with Crippen molar-refractivity contribution in [3.8, 4) is 5.75 Å². The molecule has 3 aromatic rings. The van der Waals surface area contributed by atoms with Gasteiger partial charge in [-0.2, -0.15) is 0 Å². The summed E-state index contributed by atoms with van der Waals surface area (Å²) in [5.41, 5.74) is 0.854. The summed E-state index contributed by atoms with van der Waals surface area (Å²) < 4.78 is 5.70. The molecule has 0 atom stereocenters. The summed E-state index contributed by atoms with van der Waals surface area (Å²) in [4.78, 5) is 38.8. The molecule has 8 nitrogen and oxygen atoms in total. The predicted molar refractivity (Wildman–Crippen MR) is 157 cm³/mol. The van der Waals surface area contributed by atoms with Gasteiger partial charge in [-0.05, 0) is 66.4 Å². The lowest BCUT2D eigenvalue weighted by molar-refractivity contribution is -0.134. The zero-order chi connectivity index (χ0) is 28.2. The SMILES string of the molecule is CCCCOc1ccc(CC(=O)NC2(C(=O)NCCNC(=O)Cc3cccc4ccccc34)CCNCC2)cc1. The Morgan fingerprint density at radius 2 is 1.57 bits per heavy atom. The number of hydrogen-bond donors (Lipinski definition) is 4. The first-order valence-corrected chi connectivity index (χ1v) is 14.2. The van der Waals surface area contributed by atoms with Crippen molar-refractivity contribution in [2.45, 2.75) is 51.0 Å². The molecule has 3 amide bonds. The van der Waals surface area contributed by atoms with Gasteiger partial charge in [0, 0.05) is 13.1 Å². The lowest BCUT2D eigenvalue weighted by atomic mass is 9.86. The van der Waals surface area contributed by atoms with E-state index in [0.29, 0.717) is 39.1 Å². The third-order valence-electron chi connectivity index (χ3n) is 7.29. The number of nitrogens with one attached hydrogen (secondary N) is 4. The maximum absolute atomic E-state index is 13.3. The summed E-state index contributed by atoms with van der Waals surface area (Å²) >= 11 is 0. The van der Waals surface area contributed by atoms with Crippen molar-refractivity contribution in [1.29, 1.82) is 0 Å². The van der Waals surface area contributed by atoms with Gasteiger partial charge in [0.2, 0.25) is 17.7 Å². The highest BCUT2D eigenvalue weighted by Gasteiger charge is 2.40. The zero-order valence-electron chi connectivity index (χ0n) is 23.3. The van der Waals surface area contributed by atoms with Crippen LogP contribution >= 0.6 is 0 Å². The molecule has 1 aliphatic heterocycles. The fourth-order valence-corrected chi connectivity index (χ4v) is 5.03. The number of benzene rings is 3. The third-order valence-corrected chi connectivity index (χ3v) is 7.29. The molecule has 212 valence electrons. The molecule has 8 heteroatoms. The molecule has 3 aromatic carbocycles. The maximum atomic E-state index is 13.3. The van der Waals surface area contributed by atoms with E-state index in [-0.39, 0.29) is 37.1 Å². The fraction of sp³-hybridized carbons (Fsp3) is 0.406. The molecule has 4 N–H and O–H groups in total. The highest BCUT2D eigenvalue weighted by atomic mass is 16.5. The summed E-state index contributed by atoms with van der Waals surface area (Å²) in [5, 5.41) is 14.3. The van der Waals surface area contributed by atoms with Crippen molar-refractivity contribution >= 4 is 28.5 Å². The van der Waals surface area contributed by atoms with Crippen LogP contribution in [-0.4, -0.2) is 56.0 Å². The van der Waals surface area contributed by atoms with Gasteiger partial charge in [-0.1, -0.05) is 67.9 Å². The average Bonchev–Trinajstić information content (AvgIpc) is 2.97. The van der Waals surface area contributed by atoms with Crippen LogP contribution in [0.4, 0.5) is 0 Å². The Labute approximate surface area is 236 Å². The Balaban J connectivity index is 1.25. The second kappa shape index (κ2) is 14.5. The highest BCUT2D eigenvalue weighted by Crippen LogP contribution is 2.21. The molecular formula is C32H40N4O4. The van der Waals surface area contributed by atoms with Gasteiger partial charge < -0.3 is 26.0 Å². The normalized spacial score (nSPS) is 14.3. The minimum Gasteiger partial charge on any atom is -0.494 e. The van der Waals surface area contributed by atoms with Crippen LogP contribution in [0.2, 0.25) is 0 Å². The van der Waals surface area contributed by atoms with Crippen LogP contribution in [0, 0.1) is 0 Å². The maximum Gasteiger partial charge on any atom is 0.245 e. The van der Waals surface area contributed by atoms with Crippen LogP contribution in [0.1, 0.15) is 43.7 Å². The number of hydrogen-bond acceptors (Lipinski definition) is 5. The van der Waals surface area contributed by atoms with Crippen LogP contribution in [0.3, 0.4) is 0 Å². The molecule has 0 spiro atoms. The van der Waals surface area contributed by atoms with E-state index in [1.807, 2.05) is 66.7 Å². The van der Waals surface area contributed by atoms with Crippen LogP contribution in [0.15, 0.2) is 66.7 Å². The van der Waals surface area contributed by atoms with E-state index >= 15 is 0 Å². The van der Waals surface area contributed by atoms with Crippen LogP contribution in [0.25, 0.3) is 10.8 Å². The molecule has 1 saturated heterocycles. The van der Waals surface area contributed by atoms with Gasteiger partial charge >= 0.3 is 0 Å². The van der Waals surface area contributed by atoms with Crippen LogP contribution in [-0.2, 0) is 27.2 Å². The second-order valence-electron chi connectivity index (χ2n) is 10.3. The van der Waals surface area contributed by atoms with E-state index in [9.17, 15) is 14.4 Å². The standard InChI is InChI=1S/C32H40N4O4/c1-2-3-21-40-27-13-11-24(12-14-27)22-30(38)36-32(15-17-33-18-16-32)31(39)35-20-19-34-29(37)23-26-9-6-8-25-7-4-5-10-28(25)26/h4-14,33H,2-3,15-23H2,1H3,(H,34,37)(H,35,39)(H,36,38). The van der Waals surface area contributed by atoms with Gasteiger partial charge in [0.05, 0.1) is 19.4 Å². The molecule has 1 fully saturated rings. The highest BCUT2D eigenvalue weighted by molar-refractivity contribution is 5.92. The van der Waals surface area contributed by atoms with E-state index in [4.69, 9.17) is 4.74 Å². The molecule has 0 aliphatic carbocycles. The smallest absolute Gasteiger partial charge is 0.245 e. The first-order chi connectivity index (χ1) is 19.5. The molecule has 0 unspecified atom stereocenters.